The van der Waals surface area contributed by atoms with Crippen LogP contribution in [-0.4, -0.2) is 29.7 Å². The maximum Gasteiger partial charge on any atom is 0.335 e. The van der Waals surface area contributed by atoms with Gasteiger partial charge in [-0.15, -0.1) is 0 Å². The van der Waals surface area contributed by atoms with Gasteiger partial charge in [-0.05, 0) is 48.6 Å². The molecule has 1 fully saturated rings. The highest BCUT2D eigenvalue weighted by atomic mass is 19.1. The van der Waals surface area contributed by atoms with Crippen molar-refractivity contribution in [1.29, 1.82) is 0 Å². The molecule has 27 heavy (non-hydrogen) atoms. The molecule has 1 aliphatic heterocycles. The standard InChI is InChI=1S/C21H22FNO4/c22-16-10-7-15(8-11-16)20(18-6-3-13-27-18)23-19(24)12-9-14-4-1-2-5-17(14)21(25)26/h1-2,4-5,7-8,10-11,18,20H,3,6,9,12-13H2,(H,23,24)(H,25,26). The quantitative estimate of drug-likeness (QED) is 0.781. The second-order valence-corrected chi connectivity index (χ2v) is 6.61. The van der Waals surface area contributed by atoms with Gasteiger partial charge in [0.05, 0.1) is 17.7 Å². The third-order valence-electron chi connectivity index (χ3n) is 4.75. The van der Waals surface area contributed by atoms with Gasteiger partial charge in [0.25, 0.3) is 0 Å². The number of hydrogen-bond donors (Lipinski definition) is 2. The van der Waals surface area contributed by atoms with Crippen LogP contribution in [0.1, 0.15) is 46.8 Å². The SMILES string of the molecule is O=C(CCc1ccccc1C(=O)O)NC(c1ccc(F)cc1)C1CCCO1. The number of aryl methyl sites for hydroxylation is 1. The lowest BCUT2D eigenvalue weighted by Gasteiger charge is -2.25. The van der Waals surface area contributed by atoms with Crippen molar-refractivity contribution in [3.8, 4) is 0 Å². The average molecular weight is 371 g/mol. The van der Waals surface area contributed by atoms with E-state index in [4.69, 9.17) is 4.74 Å². The molecule has 0 bridgehead atoms. The van der Waals surface area contributed by atoms with Crippen LogP contribution < -0.4 is 5.32 Å². The smallest absolute Gasteiger partial charge is 0.335 e. The van der Waals surface area contributed by atoms with Gasteiger partial charge in [-0.3, -0.25) is 4.79 Å². The van der Waals surface area contributed by atoms with E-state index in [1.54, 1.807) is 30.3 Å². The Hall–Kier alpha value is -2.73. The van der Waals surface area contributed by atoms with E-state index in [1.807, 2.05) is 0 Å². The molecule has 2 aromatic rings. The third-order valence-corrected chi connectivity index (χ3v) is 4.75. The summed E-state index contributed by atoms with van der Waals surface area (Å²) in [6, 6.07) is 12.4. The van der Waals surface area contributed by atoms with E-state index < -0.39 is 5.97 Å². The summed E-state index contributed by atoms with van der Waals surface area (Å²) < 4.78 is 19.0. The highest BCUT2D eigenvalue weighted by Gasteiger charge is 2.28. The fourth-order valence-corrected chi connectivity index (χ4v) is 3.37. The Morgan fingerprint density at radius 1 is 1.19 bits per heavy atom. The molecule has 0 aliphatic carbocycles. The molecule has 1 saturated heterocycles. The van der Waals surface area contributed by atoms with Crippen molar-refractivity contribution in [2.75, 3.05) is 6.61 Å². The second-order valence-electron chi connectivity index (χ2n) is 6.61. The fourth-order valence-electron chi connectivity index (χ4n) is 3.37. The number of benzene rings is 2. The third kappa shape index (κ3) is 4.92. The molecule has 3 rings (SSSR count). The molecule has 0 spiro atoms. The molecule has 142 valence electrons. The van der Waals surface area contributed by atoms with Crippen molar-refractivity contribution in [2.24, 2.45) is 0 Å². The predicted molar refractivity (Wildman–Crippen MR) is 98.0 cm³/mol. The maximum atomic E-state index is 13.2. The lowest BCUT2D eigenvalue weighted by molar-refractivity contribution is -0.122. The monoisotopic (exact) mass is 371 g/mol. The first-order chi connectivity index (χ1) is 13.0. The molecule has 1 aliphatic rings. The van der Waals surface area contributed by atoms with E-state index >= 15 is 0 Å². The van der Waals surface area contributed by atoms with Crippen molar-refractivity contribution in [1.82, 2.24) is 5.32 Å². The Balaban J connectivity index is 1.68. The zero-order chi connectivity index (χ0) is 19.2. The zero-order valence-corrected chi connectivity index (χ0v) is 14.9. The van der Waals surface area contributed by atoms with Crippen LogP contribution in [0.4, 0.5) is 4.39 Å². The van der Waals surface area contributed by atoms with Gasteiger partial charge in [-0.2, -0.15) is 0 Å². The van der Waals surface area contributed by atoms with Crippen LogP contribution in [0.15, 0.2) is 48.5 Å². The molecule has 0 saturated carbocycles. The summed E-state index contributed by atoms with van der Waals surface area (Å²) in [6.45, 7) is 0.643. The number of hydrogen-bond acceptors (Lipinski definition) is 3. The second kappa shape index (κ2) is 8.77. The van der Waals surface area contributed by atoms with Crippen molar-refractivity contribution in [3.05, 3.63) is 71.0 Å². The minimum absolute atomic E-state index is 0.147. The van der Waals surface area contributed by atoms with Gasteiger partial charge in [0.1, 0.15) is 5.82 Å². The molecule has 2 N–H and O–H groups in total. The summed E-state index contributed by atoms with van der Waals surface area (Å²) in [7, 11) is 0. The molecule has 5 nitrogen and oxygen atoms in total. The van der Waals surface area contributed by atoms with Gasteiger partial charge in [-0.25, -0.2) is 9.18 Å². The van der Waals surface area contributed by atoms with Gasteiger partial charge in [0.2, 0.25) is 5.91 Å². The first-order valence-corrected chi connectivity index (χ1v) is 9.02. The number of nitrogens with one attached hydrogen (secondary N) is 1. The van der Waals surface area contributed by atoms with Crippen LogP contribution in [0, 0.1) is 5.82 Å². The van der Waals surface area contributed by atoms with Crippen LogP contribution >= 0.6 is 0 Å². The Morgan fingerprint density at radius 3 is 2.59 bits per heavy atom. The number of halogens is 1. The molecule has 0 radical (unpaired) electrons. The number of carboxylic acid groups (broad SMARTS) is 1. The Kier molecular flexibility index (Phi) is 6.19. The van der Waals surface area contributed by atoms with Crippen LogP contribution in [0.2, 0.25) is 0 Å². The van der Waals surface area contributed by atoms with Crippen molar-refractivity contribution < 1.29 is 23.8 Å². The predicted octanol–water partition coefficient (Wildman–Crippen LogP) is 3.49. The molecule has 0 aromatic heterocycles. The fraction of sp³-hybridized carbons (Fsp3) is 0.333. The van der Waals surface area contributed by atoms with Crippen LogP contribution in [0.5, 0.6) is 0 Å². The topological polar surface area (TPSA) is 75.6 Å². The lowest BCUT2D eigenvalue weighted by Crippen LogP contribution is -2.36. The highest BCUT2D eigenvalue weighted by molar-refractivity contribution is 5.89. The largest absolute Gasteiger partial charge is 0.478 e. The minimum atomic E-state index is -1.01. The zero-order valence-electron chi connectivity index (χ0n) is 14.9. The van der Waals surface area contributed by atoms with Gasteiger partial charge in [0.15, 0.2) is 0 Å². The Labute approximate surface area is 157 Å². The highest BCUT2D eigenvalue weighted by Crippen LogP contribution is 2.27. The Bertz CT molecular complexity index is 800. The van der Waals surface area contributed by atoms with Crippen LogP contribution in [0.25, 0.3) is 0 Å². The molecular weight excluding hydrogens is 349 g/mol. The minimum Gasteiger partial charge on any atom is -0.478 e. The van der Waals surface area contributed by atoms with E-state index in [0.717, 1.165) is 18.4 Å². The molecule has 1 heterocycles. The lowest BCUT2D eigenvalue weighted by atomic mass is 9.98. The van der Waals surface area contributed by atoms with E-state index in [-0.39, 0.29) is 35.9 Å². The number of carbonyl (C=O) groups is 2. The molecule has 6 heteroatoms. The van der Waals surface area contributed by atoms with Crippen molar-refractivity contribution >= 4 is 11.9 Å². The van der Waals surface area contributed by atoms with E-state index in [2.05, 4.69) is 5.32 Å². The normalized spacial score (nSPS) is 17.4. The van der Waals surface area contributed by atoms with Crippen molar-refractivity contribution in [3.63, 3.8) is 0 Å². The molecular formula is C21H22FNO4. The number of carboxylic acids is 1. The average Bonchev–Trinajstić information content (AvgIpc) is 3.20. The van der Waals surface area contributed by atoms with Gasteiger partial charge in [-0.1, -0.05) is 30.3 Å². The maximum absolute atomic E-state index is 13.2. The van der Waals surface area contributed by atoms with Crippen LogP contribution in [-0.2, 0) is 16.0 Å². The van der Waals surface area contributed by atoms with Crippen LogP contribution in [0.3, 0.4) is 0 Å². The molecule has 2 aromatic carbocycles. The number of ether oxygens (including phenoxy) is 1. The summed E-state index contributed by atoms with van der Waals surface area (Å²) >= 11 is 0. The van der Waals surface area contributed by atoms with Gasteiger partial charge in [0, 0.05) is 13.0 Å². The Morgan fingerprint density at radius 2 is 1.93 bits per heavy atom. The number of rotatable bonds is 7. The summed E-state index contributed by atoms with van der Waals surface area (Å²) in [5.74, 6) is -1.53. The summed E-state index contributed by atoms with van der Waals surface area (Å²) in [5.41, 5.74) is 1.62. The van der Waals surface area contributed by atoms with Crippen molar-refractivity contribution in [2.45, 2.75) is 37.8 Å². The summed E-state index contributed by atoms with van der Waals surface area (Å²) in [4.78, 5) is 23.8. The van der Waals surface area contributed by atoms with Gasteiger partial charge < -0.3 is 15.2 Å². The van der Waals surface area contributed by atoms with E-state index in [9.17, 15) is 19.1 Å². The summed E-state index contributed by atoms with van der Waals surface area (Å²) in [6.07, 6.45) is 2.09. The number of aromatic carboxylic acids is 1. The molecule has 1 amide bonds. The number of carbonyl (C=O) groups excluding carboxylic acids is 1. The van der Waals surface area contributed by atoms with Gasteiger partial charge >= 0.3 is 5.97 Å². The first-order valence-electron chi connectivity index (χ1n) is 9.02. The molecule has 2 unspecified atom stereocenters. The molecule has 2 atom stereocenters. The summed E-state index contributed by atoms with van der Waals surface area (Å²) in [5, 5.41) is 12.2. The number of amides is 1. The first kappa shape index (κ1) is 19.0. The van der Waals surface area contributed by atoms with E-state index in [1.165, 1.54) is 18.2 Å². The van der Waals surface area contributed by atoms with E-state index in [0.29, 0.717) is 18.6 Å².